The fourth-order valence-corrected chi connectivity index (χ4v) is 2.71. The van der Waals surface area contributed by atoms with Crippen molar-refractivity contribution in [3.63, 3.8) is 0 Å². The molecule has 2 aromatic rings. The zero-order chi connectivity index (χ0) is 13.4. The summed E-state index contributed by atoms with van der Waals surface area (Å²) in [5.41, 5.74) is 1.40. The average Bonchev–Trinajstić information content (AvgIpc) is 3.04. The molecule has 1 aliphatic carbocycles. The van der Waals surface area contributed by atoms with E-state index in [1.807, 2.05) is 18.2 Å². The lowest BCUT2D eigenvalue weighted by Crippen LogP contribution is -2.09. The molecule has 1 fully saturated rings. The Morgan fingerprint density at radius 2 is 2.32 bits per heavy atom. The monoisotopic (exact) mass is 261 g/mol. The van der Waals surface area contributed by atoms with Crippen LogP contribution in [0.3, 0.4) is 0 Å². The van der Waals surface area contributed by atoms with Crippen LogP contribution in [0.4, 0.5) is 0 Å². The second-order valence-corrected chi connectivity index (χ2v) is 4.90. The number of hydrogen-bond donors (Lipinski definition) is 1. The van der Waals surface area contributed by atoms with Crippen molar-refractivity contribution in [3.05, 3.63) is 24.1 Å². The van der Waals surface area contributed by atoms with Crippen LogP contribution < -0.4 is 4.74 Å². The van der Waals surface area contributed by atoms with Crippen LogP contribution in [0.2, 0.25) is 0 Å². The molecule has 19 heavy (non-hydrogen) atoms. The molecule has 3 rings (SSSR count). The third kappa shape index (κ3) is 2.05. The van der Waals surface area contributed by atoms with E-state index in [0.29, 0.717) is 35.6 Å². The summed E-state index contributed by atoms with van der Waals surface area (Å²) in [5, 5.41) is 9.03. The van der Waals surface area contributed by atoms with Crippen molar-refractivity contribution in [2.24, 2.45) is 5.92 Å². The van der Waals surface area contributed by atoms with E-state index in [4.69, 9.17) is 14.3 Å². The summed E-state index contributed by atoms with van der Waals surface area (Å²) in [6.45, 7) is 0. The fraction of sp³-hybridized carbons (Fsp3) is 0.429. The molecule has 0 radical (unpaired) electrons. The van der Waals surface area contributed by atoms with Crippen molar-refractivity contribution in [2.45, 2.75) is 25.2 Å². The maximum Gasteiger partial charge on any atom is 0.306 e. The van der Waals surface area contributed by atoms with Crippen LogP contribution in [-0.4, -0.2) is 23.2 Å². The van der Waals surface area contributed by atoms with Gasteiger partial charge in [-0.05, 0) is 31.4 Å². The van der Waals surface area contributed by atoms with Crippen LogP contribution in [-0.2, 0) is 4.79 Å². The number of aromatic nitrogens is 1. The van der Waals surface area contributed by atoms with Crippen molar-refractivity contribution in [1.29, 1.82) is 0 Å². The van der Waals surface area contributed by atoms with Gasteiger partial charge in [0.05, 0.1) is 13.0 Å². The number of benzene rings is 1. The van der Waals surface area contributed by atoms with E-state index in [-0.39, 0.29) is 11.8 Å². The molecule has 100 valence electrons. The van der Waals surface area contributed by atoms with Crippen LogP contribution in [0.25, 0.3) is 11.1 Å². The molecule has 2 atom stereocenters. The number of nitrogens with zero attached hydrogens (tertiary/aromatic N) is 1. The first-order valence-corrected chi connectivity index (χ1v) is 6.35. The summed E-state index contributed by atoms with van der Waals surface area (Å²) in [7, 11) is 1.60. The van der Waals surface area contributed by atoms with Gasteiger partial charge in [-0.15, -0.1) is 0 Å². The number of oxazole rings is 1. The predicted molar refractivity (Wildman–Crippen MR) is 68.3 cm³/mol. The minimum Gasteiger partial charge on any atom is -0.494 e. The molecule has 2 unspecified atom stereocenters. The Balaban J connectivity index is 1.92. The van der Waals surface area contributed by atoms with Gasteiger partial charge >= 0.3 is 5.97 Å². The molecule has 1 saturated carbocycles. The molecule has 0 spiro atoms. The topological polar surface area (TPSA) is 72.6 Å². The molecular weight excluding hydrogens is 246 g/mol. The minimum atomic E-state index is -0.726. The maximum atomic E-state index is 11.0. The highest BCUT2D eigenvalue weighted by Gasteiger charge is 2.33. The van der Waals surface area contributed by atoms with Crippen molar-refractivity contribution >= 4 is 17.1 Å². The Morgan fingerprint density at radius 1 is 1.47 bits per heavy atom. The van der Waals surface area contributed by atoms with Crippen molar-refractivity contribution < 1.29 is 19.1 Å². The maximum absolute atomic E-state index is 11.0. The molecule has 1 aliphatic rings. The number of para-hydroxylation sites is 1. The lowest BCUT2D eigenvalue weighted by molar-refractivity contribution is -0.141. The molecular formula is C14H15NO4. The highest BCUT2D eigenvalue weighted by Crippen LogP contribution is 2.39. The number of carboxylic acids is 1. The van der Waals surface area contributed by atoms with Gasteiger partial charge in [-0.1, -0.05) is 6.07 Å². The van der Waals surface area contributed by atoms with E-state index in [1.165, 1.54) is 0 Å². The fourth-order valence-electron chi connectivity index (χ4n) is 2.71. The van der Waals surface area contributed by atoms with E-state index in [2.05, 4.69) is 4.98 Å². The Labute approximate surface area is 110 Å². The number of rotatable bonds is 3. The highest BCUT2D eigenvalue weighted by molar-refractivity contribution is 5.79. The van der Waals surface area contributed by atoms with Crippen molar-refractivity contribution in [1.82, 2.24) is 4.98 Å². The number of carbonyl (C=O) groups is 1. The molecule has 0 bridgehead atoms. The first-order valence-electron chi connectivity index (χ1n) is 6.35. The number of ether oxygens (including phenoxy) is 1. The third-order valence-corrected chi connectivity index (χ3v) is 3.75. The van der Waals surface area contributed by atoms with Gasteiger partial charge in [0.1, 0.15) is 5.75 Å². The predicted octanol–water partition coefficient (Wildman–Crippen LogP) is 2.80. The van der Waals surface area contributed by atoms with Gasteiger partial charge in [-0.3, -0.25) is 4.79 Å². The summed E-state index contributed by atoms with van der Waals surface area (Å²) < 4.78 is 11.0. The SMILES string of the molecule is COc1cccc2oc(C3CCC(C(=O)O)C3)nc12. The Morgan fingerprint density at radius 3 is 3.00 bits per heavy atom. The van der Waals surface area contributed by atoms with Crippen LogP contribution in [0.15, 0.2) is 22.6 Å². The van der Waals surface area contributed by atoms with Gasteiger partial charge in [0, 0.05) is 5.92 Å². The minimum absolute atomic E-state index is 0.0956. The lowest BCUT2D eigenvalue weighted by Gasteiger charge is -2.03. The summed E-state index contributed by atoms with van der Waals surface area (Å²) in [6.07, 6.45) is 2.10. The highest BCUT2D eigenvalue weighted by atomic mass is 16.5. The van der Waals surface area contributed by atoms with Gasteiger partial charge in [0.25, 0.3) is 0 Å². The van der Waals surface area contributed by atoms with Gasteiger partial charge in [-0.25, -0.2) is 4.98 Å². The largest absolute Gasteiger partial charge is 0.494 e. The van der Waals surface area contributed by atoms with Gasteiger partial charge in [0.15, 0.2) is 17.0 Å². The zero-order valence-electron chi connectivity index (χ0n) is 10.6. The zero-order valence-corrected chi connectivity index (χ0v) is 10.6. The summed E-state index contributed by atoms with van der Waals surface area (Å²) in [4.78, 5) is 15.5. The standard InChI is InChI=1S/C14H15NO4/c1-18-10-3-2-4-11-12(10)15-13(19-11)8-5-6-9(7-8)14(16)17/h2-4,8-9H,5-7H2,1H3,(H,16,17). The summed E-state index contributed by atoms with van der Waals surface area (Å²) >= 11 is 0. The van der Waals surface area contributed by atoms with Crippen LogP contribution >= 0.6 is 0 Å². The molecule has 5 nitrogen and oxygen atoms in total. The van der Waals surface area contributed by atoms with E-state index in [0.717, 1.165) is 6.42 Å². The second kappa shape index (κ2) is 4.57. The molecule has 1 aromatic heterocycles. The Bertz CT molecular complexity index is 619. The number of carboxylic acid groups (broad SMARTS) is 1. The normalized spacial score (nSPS) is 22.8. The van der Waals surface area contributed by atoms with Crippen LogP contribution in [0, 0.1) is 5.92 Å². The molecule has 1 aromatic carbocycles. The first-order chi connectivity index (χ1) is 9.19. The molecule has 0 aliphatic heterocycles. The summed E-state index contributed by atoms with van der Waals surface area (Å²) in [6, 6.07) is 5.53. The quantitative estimate of drug-likeness (QED) is 0.919. The van der Waals surface area contributed by atoms with Gasteiger partial charge < -0.3 is 14.3 Å². The van der Waals surface area contributed by atoms with Crippen LogP contribution in [0.5, 0.6) is 5.75 Å². The average molecular weight is 261 g/mol. The van der Waals surface area contributed by atoms with Crippen molar-refractivity contribution in [2.75, 3.05) is 7.11 Å². The number of hydrogen-bond acceptors (Lipinski definition) is 4. The molecule has 1 N–H and O–H groups in total. The van der Waals surface area contributed by atoms with E-state index < -0.39 is 5.97 Å². The van der Waals surface area contributed by atoms with E-state index >= 15 is 0 Å². The molecule has 1 heterocycles. The first kappa shape index (κ1) is 12.0. The summed E-state index contributed by atoms with van der Waals surface area (Å²) in [5.74, 6) is 0.403. The van der Waals surface area contributed by atoms with Crippen molar-refractivity contribution in [3.8, 4) is 5.75 Å². The van der Waals surface area contributed by atoms with E-state index in [1.54, 1.807) is 7.11 Å². The molecule has 0 amide bonds. The number of fused-ring (bicyclic) bond motifs is 1. The lowest BCUT2D eigenvalue weighted by atomic mass is 10.1. The third-order valence-electron chi connectivity index (χ3n) is 3.75. The van der Waals surface area contributed by atoms with Gasteiger partial charge in [0.2, 0.25) is 0 Å². The van der Waals surface area contributed by atoms with Crippen LogP contribution in [0.1, 0.15) is 31.1 Å². The molecule has 0 saturated heterocycles. The Hall–Kier alpha value is -2.04. The number of aliphatic carboxylic acids is 1. The smallest absolute Gasteiger partial charge is 0.306 e. The molecule has 5 heteroatoms. The van der Waals surface area contributed by atoms with E-state index in [9.17, 15) is 4.79 Å². The number of methoxy groups -OCH3 is 1. The Kier molecular flexibility index (Phi) is 2.89. The van der Waals surface area contributed by atoms with Gasteiger partial charge in [-0.2, -0.15) is 0 Å². The second-order valence-electron chi connectivity index (χ2n) is 4.90.